The second kappa shape index (κ2) is 5.84. The highest BCUT2D eigenvalue weighted by Gasteiger charge is 2.24. The molecule has 2 aromatic carbocycles. The Morgan fingerprint density at radius 1 is 1.20 bits per heavy atom. The first-order valence-electron chi connectivity index (χ1n) is 7.12. The summed E-state index contributed by atoms with van der Waals surface area (Å²) in [5.74, 6) is 1.21. The topological polar surface area (TPSA) is 20.3 Å². The van der Waals surface area contributed by atoms with E-state index in [1.54, 1.807) is 0 Å². The molecule has 0 bridgehead atoms. The third-order valence-corrected chi connectivity index (χ3v) is 4.48. The van der Waals surface area contributed by atoms with Crippen LogP contribution in [-0.2, 0) is 0 Å². The first-order chi connectivity index (χ1) is 9.79. The molecule has 0 N–H and O–H groups in total. The van der Waals surface area contributed by atoms with Crippen molar-refractivity contribution in [1.82, 2.24) is 4.90 Å². The SMILES string of the molecule is O=C(c1cccc2ccccc12)N1CCCC(CCl)C1. The number of piperidine rings is 1. The molecule has 0 aliphatic carbocycles. The van der Waals surface area contributed by atoms with Crippen LogP contribution >= 0.6 is 11.6 Å². The third-order valence-electron chi connectivity index (χ3n) is 4.04. The van der Waals surface area contributed by atoms with Gasteiger partial charge in [-0.1, -0.05) is 36.4 Å². The summed E-state index contributed by atoms with van der Waals surface area (Å²) in [6.45, 7) is 1.63. The Morgan fingerprint density at radius 3 is 2.85 bits per heavy atom. The van der Waals surface area contributed by atoms with E-state index in [2.05, 4.69) is 0 Å². The normalized spacial score (nSPS) is 19.2. The molecule has 1 heterocycles. The van der Waals surface area contributed by atoms with Crippen molar-refractivity contribution in [3.8, 4) is 0 Å². The predicted octanol–water partition coefficient (Wildman–Crippen LogP) is 3.93. The monoisotopic (exact) mass is 287 g/mol. The molecule has 1 atom stereocenters. The van der Waals surface area contributed by atoms with E-state index in [0.717, 1.165) is 42.3 Å². The fourth-order valence-corrected chi connectivity index (χ4v) is 3.21. The maximum atomic E-state index is 12.8. The Kier molecular flexibility index (Phi) is 3.93. The lowest BCUT2D eigenvalue weighted by atomic mass is 9.98. The predicted molar refractivity (Wildman–Crippen MR) is 83.3 cm³/mol. The molecular formula is C17H18ClNO. The van der Waals surface area contributed by atoms with E-state index in [9.17, 15) is 4.79 Å². The number of likely N-dealkylation sites (tertiary alicyclic amines) is 1. The van der Waals surface area contributed by atoms with E-state index < -0.39 is 0 Å². The molecule has 1 unspecified atom stereocenters. The van der Waals surface area contributed by atoms with Gasteiger partial charge in [0, 0.05) is 24.5 Å². The Labute approximate surface area is 124 Å². The third kappa shape index (κ3) is 2.53. The quantitative estimate of drug-likeness (QED) is 0.767. The summed E-state index contributed by atoms with van der Waals surface area (Å²) in [5.41, 5.74) is 0.804. The highest BCUT2D eigenvalue weighted by Crippen LogP contribution is 2.23. The molecule has 1 fully saturated rings. The molecule has 0 saturated carbocycles. The zero-order valence-corrected chi connectivity index (χ0v) is 12.1. The summed E-state index contributed by atoms with van der Waals surface area (Å²) in [7, 11) is 0. The molecule has 1 aliphatic rings. The van der Waals surface area contributed by atoms with Crippen LogP contribution in [0, 0.1) is 5.92 Å². The van der Waals surface area contributed by atoms with Crippen LogP contribution < -0.4 is 0 Å². The zero-order valence-electron chi connectivity index (χ0n) is 11.4. The van der Waals surface area contributed by atoms with Crippen molar-refractivity contribution in [2.24, 2.45) is 5.92 Å². The second-order valence-corrected chi connectivity index (χ2v) is 5.75. The van der Waals surface area contributed by atoms with E-state index in [1.807, 2.05) is 47.4 Å². The molecule has 20 heavy (non-hydrogen) atoms. The molecule has 2 nitrogen and oxygen atoms in total. The van der Waals surface area contributed by atoms with Crippen molar-refractivity contribution in [3.05, 3.63) is 48.0 Å². The van der Waals surface area contributed by atoms with Gasteiger partial charge in [0.05, 0.1) is 0 Å². The van der Waals surface area contributed by atoms with Gasteiger partial charge in [0.2, 0.25) is 0 Å². The Morgan fingerprint density at radius 2 is 2.00 bits per heavy atom. The van der Waals surface area contributed by atoms with Crippen LogP contribution in [-0.4, -0.2) is 29.8 Å². The van der Waals surface area contributed by atoms with Crippen LogP contribution in [0.2, 0.25) is 0 Å². The summed E-state index contributed by atoms with van der Waals surface area (Å²) in [5, 5.41) is 2.15. The van der Waals surface area contributed by atoms with Gasteiger partial charge in [-0.25, -0.2) is 0 Å². The van der Waals surface area contributed by atoms with Crippen molar-refractivity contribution in [3.63, 3.8) is 0 Å². The lowest BCUT2D eigenvalue weighted by Gasteiger charge is -2.32. The van der Waals surface area contributed by atoms with Gasteiger partial charge >= 0.3 is 0 Å². The fraction of sp³-hybridized carbons (Fsp3) is 0.353. The van der Waals surface area contributed by atoms with Crippen LogP contribution in [0.15, 0.2) is 42.5 Å². The number of fused-ring (bicyclic) bond motifs is 1. The van der Waals surface area contributed by atoms with E-state index in [0.29, 0.717) is 11.8 Å². The van der Waals surface area contributed by atoms with Crippen LogP contribution in [0.5, 0.6) is 0 Å². The average Bonchev–Trinajstić information content (AvgIpc) is 2.53. The van der Waals surface area contributed by atoms with Gasteiger partial charge in [0.15, 0.2) is 0 Å². The average molecular weight is 288 g/mol. The highest BCUT2D eigenvalue weighted by atomic mass is 35.5. The number of hydrogen-bond acceptors (Lipinski definition) is 1. The number of nitrogens with zero attached hydrogens (tertiary/aromatic N) is 1. The summed E-state index contributed by atoms with van der Waals surface area (Å²) in [6.07, 6.45) is 2.18. The fourth-order valence-electron chi connectivity index (χ4n) is 2.96. The number of carbonyl (C=O) groups is 1. The first kappa shape index (κ1) is 13.4. The van der Waals surface area contributed by atoms with E-state index in [4.69, 9.17) is 11.6 Å². The molecule has 0 spiro atoms. The number of alkyl halides is 1. The number of halogens is 1. The molecule has 3 heteroatoms. The van der Waals surface area contributed by atoms with Gasteiger partial charge in [-0.05, 0) is 35.6 Å². The summed E-state index contributed by atoms with van der Waals surface area (Å²) >= 11 is 5.95. The lowest BCUT2D eigenvalue weighted by Crippen LogP contribution is -2.40. The number of hydrogen-bond donors (Lipinski definition) is 0. The Balaban J connectivity index is 1.92. The Hall–Kier alpha value is -1.54. The van der Waals surface area contributed by atoms with E-state index in [1.165, 1.54) is 0 Å². The minimum atomic E-state index is 0.136. The van der Waals surface area contributed by atoms with Crippen molar-refractivity contribution in [2.45, 2.75) is 12.8 Å². The smallest absolute Gasteiger partial charge is 0.254 e. The number of rotatable bonds is 2. The molecule has 0 aromatic heterocycles. The van der Waals surface area contributed by atoms with Gasteiger partial charge in [0.1, 0.15) is 0 Å². The van der Waals surface area contributed by atoms with Gasteiger partial charge in [0.25, 0.3) is 5.91 Å². The molecule has 0 radical (unpaired) electrons. The van der Waals surface area contributed by atoms with Crippen LogP contribution in [0.4, 0.5) is 0 Å². The van der Waals surface area contributed by atoms with Crippen molar-refractivity contribution in [1.29, 1.82) is 0 Å². The van der Waals surface area contributed by atoms with Gasteiger partial charge in [-0.15, -0.1) is 11.6 Å². The summed E-state index contributed by atoms with van der Waals surface area (Å²) in [4.78, 5) is 14.7. The van der Waals surface area contributed by atoms with Crippen molar-refractivity contribution in [2.75, 3.05) is 19.0 Å². The highest BCUT2D eigenvalue weighted by molar-refractivity contribution is 6.18. The second-order valence-electron chi connectivity index (χ2n) is 5.44. The summed E-state index contributed by atoms with van der Waals surface area (Å²) < 4.78 is 0. The van der Waals surface area contributed by atoms with E-state index in [-0.39, 0.29) is 5.91 Å². The maximum Gasteiger partial charge on any atom is 0.254 e. The molecule has 2 aromatic rings. The molecule has 1 amide bonds. The number of amides is 1. The number of benzene rings is 2. The lowest BCUT2D eigenvalue weighted by molar-refractivity contribution is 0.0687. The van der Waals surface area contributed by atoms with Gasteiger partial charge in [-0.3, -0.25) is 4.79 Å². The maximum absolute atomic E-state index is 12.8. The Bertz CT molecular complexity index is 620. The molecule has 1 saturated heterocycles. The van der Waals surface area contributed by atoms with Crippen LogP contribution in [0.25, 0.3) is 10.8 Å². The summed E-state index contributed by atoms with van der Waals surface area (Å²) in [6, 6.07) is 14.0. The molecule has 1 aliphatic heterocycles. The van der Waals surface area contributed by atoms with Crippen LogP contribution in [0.1, 0.15) is 23.2 Å². The standard InChI is InChI=1S/C17H18ClNO/c18-11-13-5-4-10-19(12-13)17(20)16-9-3-7-14-6-1-2-8-15(14)16/h1-3,6-9,13H,4-5,10-12H2. The molecule has 104 valence electrons. The van der Waals surface area contributed by atoms with Crippen LogP contribution in [0.3, 0.4) is 0 Å². The van der Waals surface area contributed by atoms with E-state index >= 15 is 0 Å². The number of carbonyl (C=O) groups excluding carboxylic acids is 1. The minimum absolute atomic E-state index is 0.136. The van der Waals surface area contributed by atoms with Gasteiger partial charge < -0.3 is 4.90 Å². The van der Waals surface area contributed by atoms with Crippen molar-refractivity contribution >= 4 is 28.3 Å². The van der Waals surface area contributed by atoms with Gasteiger partial charge in [-0.2, -0.15) is 0 Å². The first-order valence-corrected chi connectivity index (χ1v) is 7.66. The zero-order chi connectivity index (χ0) is 13.9. The van der Waals surface area contributed by atoms with Crippen molar-refractivity contribution < 1.29 is 4.79 Å². The molecule has 3 rings (SSSR count). The largest absolute Gasteiger partial charge is 0.338 e. The minimum Gasteiger partial charge on any atom is -0.338 e. The molecular weight excluding hydrogens is 270 g/mol.